The average Bonchev–Trinajstić information content (AvgIpc) is 3.43. The first-order valence-corrected chi connectivity index (χ1v) is 9.64. The molecule has 0 radical (unpaired) electrons. The zero-order chi connectivity index (χ0) is 17.8. The Hall–Kier alpha value is -1.33. The van der Waals surface area contributed by atoms with Crippen LogP contribution in [0.2, 0.25) is 0 Å². The van der Waals surface area contributed by atoms with Crippen LogP contribution in [-0.2, 0) is 6.54 Å². The molecule has 2 fully saturated rings. The molecule has 2 aliphatic rings. The van der Waals surface area contributed by atoms with Crippen LogP contribution in [0.3, 0.4) is 0 Å². The molecule has 1 saturated heterocycles. The number of methoxy groups -OCH3 is 2. The van der Waals surface area contributed by atoms with Crippen LogP contribution in [-0.4, -0.2) is 61.2 Å². The number of ether oxygens (including phenoxy) is 2. The minimum absolute atomic E-state index is 0.625. The van der Waals surface area contributed by atoms with Gasteiger partial charge in [0.05, 0.1) is 14.2 Å². The summed E-state index contributed by atoms with van der Waals surface area (Å²) in [5.41, 5.74) is 0.972. The van der Waals surface area contributed by atoms with Crippen molar-refractivity contribution >= 4 is 0 Å². The molecule has 1 saturated carbocycles. The van der Waals surface area contributed by atoms with Crippen LogP contribution in [0.15, 0.2) is 12.3 Å². The summed E-state index contributed by atoms with van der Waals surface area (Å²) in [6, 6.07) is 2.48. The maximum Gasteiger partial charge on any atom is 0.183 e. The molecule has 0 bridgehead atoms. The fraction of sp³-hybridized carbons (Fsp3) is 0.750. The first-order chi connectivity index (χ1) is 12.1. The van der Waals surface area contributed by atoms with Gasteiger partial charge in [-0.1, -0.05) is 13.8 Å². The second-order valence-electron chi connectivity index (χ2n) is 7.83. The second-order valence-corrected chi connectivity index (χ2v) is 7.83. The van der Waals surface area contributed by atoms with Crippen LogP contribution < -0.4 is 9.47 Å². The Bertz CT molecular complexity index is 560. The van der Waals surface area contributed by atoms with Gasteiger partial charge in [-0.05, 0) is 44.2 Å². The van der Waals surface area contributed by atoms with Crippen molar-refractivity contribution in [3.05, 3.63) is 18.0 Å². The minimum atomic E-state index is 0.625. The maximum absolute atomic E-state index is 5.57. The molecule has 1 atom stereocenters. The highest BCUT2D eigenvalue weighted by atomic mass is 16.5. The van der Waals surface area contributed by atoms with Crippen LogP contribution in [0.25, 0.3) is 0 Å². The third kappa shape index (κ3) is 4.64. The molecule has 0 unspecified atom stereocenters. The van der Waals surface area contributed by atoms with E-state index < -0.39 is 0 Å². The highest BCUT2D eigenvalue weighted by Gasteiger charge is 2.32. The van der Waals surface area contributed by atoms with E-state index in [9.17, 15) is 0 Å². The number of hydrogen-bond donors (Lipinski definition) is 0. The summed E-state index contributed by atoms with van der Waals surface area (Å²) < 4.78 is 11.0. The lowest BCUT2D eigenvalue weighted by Gasteiger charge is -2.34. The van der Waals surface area contributed by atoms with Crippen LogP contribution in [0, 0.1) is 11.8 Å². The van der Waals surface area contributed by atoms with Gasteiger partial charge in [-0.25, -0.2) is 0 Å². The molecule has 0 spiro atoms. The lowest BCUT2D eigenvalue weighted by atomic mass is 10.0. The Balaban J connectivity index is 1.72. The Morgan fingerprint density at radius 3 is 2.64 bits per heavy atom. The normalized spacial score (nSPS) is 22.8. The van der Waals surface area contributed by atoms with E-state index in [0.29, 0.717) is 12.0 Å². The van der Waals surface area contributed by atoms with E-state index in [0.717, 1.165) is 42.7 Å². The van der Waals surface area contributed by atoms with Gasteiger partial charge in [0, 0.05) is 37.9 Å². The van der Waals surface area contributed by atoms with Gasteiger partial charge in [0.15, 0.2) is 11.5 Å². The first kappa shape index (κ1) is 18.5. The van der Waals surface area contributed by atoms with Crippen molar-refractivity contribution in [2.75, 3.05) is 40.4 Å². The van der Waals surface area contributed by atoms with Crippen molar-refractivity contribution in [2.24, 2.45) is 11.8 Å². The SMILES string of the molecule is COc1ccnc(CN2CCCN(CC3CC3)[C@@H](C(C)C)C2)c1OC. The number of hydrogen-bond acceptors (Lipinski definition) is 5. The van der Waals surface area contributed by atoms with Crippen LogP contribution in [0.4, 0.5) is 0 Å². The Morgan fingerprint density at radius 1 is 1.20 bits per heavy atom. The number of nitrogens with zero attached hydrogens (tertiary/aromatic N) is 3. The van der Waals surface area contributed by atoms with E-state index in [1.807, 2.05) is 12.3 Å². The third-order valence-electron chi connectivity index (χ3n) is 5.53. The van der Waals surface area contributed by atoms with Gasteiger partial charge in [0.2, 0.25) is 0 Å². The van der Waals surface area contributed by atoms with Gasteiger partial charge >= 0.3 is 0 Å². The lowest BCUT2D eigenvalue weighted by Crippen LogP contribution is -2.45. The molecular weight excluding hydrogens is 314 g/mol. The molecule has 0 amide bonds. The molecule has 3 rings (SSSR count). The van der Waals surface area contributed by atoms with Crippen molar-refractivity contribution in [2.45, 2.75) is 45.7 Å². The molecule has 1 aliphatic heterocycles. The summed E-state index contributed by atoms with van der Waals surface area (Å²) in [7, 11) is 3.37. The summed E-state index contributed by atoms with van der Waals surface area (Å²) in [4.78, 5) is 9.86. The van der Waals surface area contributed by atoms with Gasteiger partial charge in [-0.2, -0.15) is 0 Å². The second kappa shape index (κ2) is 8.37. The quantitative estimate of drug-likeness (QED) is 0.758. The molecule has 2 heterocycles. The molecular formula is C20H33N3O2. The van der Waals surface area contributed by atoms with E-state index in [4.69, 9.17) is 9.47 Å². The molecule has 5 heteroatoms. The molecule has 1 aromatic heterocycles. The van der Waals surface area contributed by atoms with Gasteiger partial charge in [-0.3, -0.25) is 14.8 Å². The predicted molar refractivity (Wildman–Crippen MR) is 100 cm³/mol. The molecule has 0 aromatic carbocycles. The highest BCUT2D eigenvalue weighted by Crippen LogP contribution is 2.33. The van der Waals surface area contributed by atoms with E-state index in [2.05, 4.69) is 28.6 Å². The summed E-state index contributed by atoms with van der Waals surface area (Å²) in [5, 5.41) is 0. The maximum atomic E-state index is 5.57. The first-order valence-electron chi connectivity index (χ1n) is 9.64. The largest absolute Gasteiger partial charge is 0.493 e. The summed E-state index contributed by atoms with van der Waals surface area (Å²) in [5.74, 6) is 3.15. The topological polar surface area (TPSA) is 37.8 Å². The predicted octanol–water partition coefficient (Wildman–Crippen LogP) is 3.04. The van der Waals surface area contributed by atoms with Crippen LogP contribution in [0.1, 0.15) is 38.8 Å². The van der Waals surface area contributed by atoms with Crippen molar-refractivity contribution in [3.8, 4) is 11.5 Å². The summed E-state index contributed by atoms with van der Waals surface area (Å²) in [6.07, 6.45) is 5.89. The molecule has 25 heavy (non-hydrogen) atoms. The van der Waals surface area contributed by atoms with Gasteiger partial charge < -0.3 is 9.47 Å². The lowest BCUT2D eigenvalue weighted by molar-refractivity contribution is 0.131. The van der Waals surface area contributed by atoms with E-state index >= 15 is 0 Å². The highest BCUT2D eigenvalue weighted by molar-refractivity contribution is 5.42. The van der Waals surface area contributed by atoms with Crippen molar-refractivity contribution < 1.29 is 9.47 Å². The van der Waals surface area contributed by atoms with Gasteiger partial charge in [0.25, 0.3) is 0 Å². The minimum Gasteiger partial charge on any atom is -0.493 e. The zero-order valence-corrected chi connectivity index (χ0v) is 16.2. The summed E-state index contributed by atoms with van der Waals surface area (Å²) in [6.45, 7) is 10.3. The Labute approximate surface area is 152 Å². The Morgan fingerprint density at radius 2 is 2.00 bits per heavy atom. The zero-order valence-electron chi connectivity index (χ0n) is 16.2. The molecule has 5 nitrogen and oxygen atoms in total. The summed E-state index contributed by atoms with van der Waals surface area (Å²) >= 11 is 0. The fourth-order valence-electron chi connectivity index (χ4n) is 3.94. The monoisotopic (exact) mass is 347 g/mol. The number of pyridine rings is 1. The van der Waals surface area contributed by atoms with Crippen molar-refractivity contribution in [3.63, 3.8) is 0 Å². The van der Waals surface area contributed by atoms with Crippen molar-refractivity contribution in [1.82, 2.24) is 14.8 Å². The molecule has 0 N–H and O–H groups in total. The van der Waals surface area contributed by atoms with E-state index in [1.165, 1.54) is 32.4 Å². The molecule has 1 aromatic rings. The van der Waals surface area contributed by atoms with Gasteiger partial charge in [-0.15, -0.1) is 0 Å². The smallest absolute Gasteiger partial charge is 0.183 e. The van der Waals surface area contributed by atoms with Crippen LogP contribution >= 0.6 is 0 Å². The average molecular weight is 348 g/mol. The van der Waals surface area contributed by atoms with Crippen LogP contribution in [0.5, 0.6) is 11.5 Å². The fourth-order valence-corrected chi connectivity index (χ4v) is 3.94. The Kier molecular flexibility index (Phi) is 6.18. The standard InChI is InChI=1S/C20H33N3O2/c1-15(2)18-14-22(10-5-11-23(18)12-16-6-7-16)13-17-20(25-4)19(24-3)8-9-21-17/h8-9,15-16,18H,5-7,10-14H2,1-4H3/t18-/m1/s1. The van der Waals surface area contributed by atoms with Gasteiger partial charge in [0.1, 0.15) is 5.69 Å². The number of aromatic nitrogens is 1. The molecule has 1 aliphatic carbocycles. The van der Waals surface area contributed by atoms with E-state index in [-0.39, 0.29) is 0 Å². The van der Waals surface area contributed by atoms with E-state index in [1.54, 1.807) is 14.2 Å². The number of rotatable bonds is 7. The van der Waals surface area contributed by atoms with Crippen molar-refractivity contribution in [1.29, 1.82) is 0 Å². The third-order valence-corrected chi connectivity index (χ3v) is 5.53. The molecule has 140 valence electrons.